The van der Waals surface area contributed by atoms with Crippen LogP contribution in [0, 0.1) is 23.2 Å². The van der Waals surface area contributed by atoms with E-state index in [0.717, 1.165) is 30.0 Å². The quantitative estimate of drug-likeness (QED) is 0.419. The average Bonchev–Trinajstić information content (AvgIpc) is 3.18. The van der Waals surface area contributed by atoms with Crippen LogP contribution in [0.25, 0.3) is 0 Å². The number of ether oxygens (including phenoxy) is 2. The van der Waals surface area contributed by atoms with Crippen molar-refractivity contribution >= 4 is 35.3 Å². The Balaban J connectivity index is 1.22. The molecule has 2 aromatic rings. The summed E-state index contributed by atoms with van der Waals surface area (Å²) in [7, 11) is 4.47. The molecule has 0 atom stereocenters. The van der Waals surface area contributed by atoms with E-state index in [1.54, 1.807) is 0 Å². The largest absolute Gasteiger partial charge is 0.465 e. The van der Waals surface area contributed by atoms with E-state index in [1.807, 2.05) is 11.6 Å². The molecule has 1 aromatic carbocycles. The Hall–Kier alpha value is -2.88. The van der Waals surface area contributed by atoms with Gasteiger partial charge in [-0.1, -0.05) is 11.8 Å². The maximum atomic E-state index is 12.7. The number of methoxy groups -OCH3 is 2. The number of esters is 2. The van der Waals surface area contributed by atoms with Gasteiger partial charge in [-0.3, -0.25) is 4.79 Å². The van der Waals surface area contributed by atoms with Crippen LogP contribution in [0.2, 0.25) is 0 Å². The van der Waals surface area contributed by atoms with Crippen molar-refractivity contribution in [3.63, 3.8) is 0 Å². The van der Waals surface area contributed by atoms with E-state index in [-0.39, 0.29) is 22.8 Å². The SMILES string of the molecule is COC(=O)c1cc(NC(=O)CSc2nnc(CC34CC5CC(CC(C5)C3)C4)n2C)cc(C(=O)OC)c1. The van der Waals surface area contributed by atoms with Crippen LogP contribution < -0.4 is 5.32 Å². The molecule has 4 saturated carbocycles. The van der Waals surface area contributed by atoms with E-state index in [4.69, 9.17) is 9.47 Å². The lowest BCUT2D eigenvalue weighted by Crippen LogP contribution is -2.47. The summed E-state index contributed by atoms with van der Waals surface area (Å²) in [6.45, 7) is 0. The predicted molar refractivity (Wildman–Crippen MR) is 134 cm³/mol. The number of nitrogens with one attached hydrogen (secondary N) is 1. The number of aromatic nitrogens is 3. The predicted octanol–water partition coefficient (Wildman–Crippen LogP) is 3.88. The molecular formula is C26H32N4O5S. The van der Waals surface area contributed by atoms with Gasteiger partial charge < -0.3 is 19.4 Å². The van der Waals surface area contributed by atoms with Crippen LogP contribution in [0.3, 0.4) is 0 Å². The molecular weight excluding hydrogens is 480 g/mol. The van der Waals surface area contributed by atoms with Gasteiger partial charge >= 0.3 is 11.9 Å². The number of nitrogens with zero attached hydrogens (tertiary/aromatic N) is 3. The average molecular weight is 513 g/mol. The lowest BCUT2D eigenvalue weighted by Gasteiger charge is -2.56. The molecule has 0 radical (unpaired) electrons. The van der Waals surface area contributed by atoms with Crippen LogP contribution >= 0.6 is 11.8 Å². The molecule has 1 aromatic heterocycles. The summed E-state index contributed by atoms with van der Waals surface area (Å²) in [6, 6.07) is 4.30. The van der Waals surface area contributed by atoms with Crippen LogP contribution in [0.4, 0.5) is 5.69 Å². The van der Waals surface area contributed by atoms with E-state index < -0.39 is 11.9 Å². The van der Waals surface area contributed by atoms with E-state index in [1.165, 1.54) is 82.7 Å². The molecule has 4 aliphatic rings. The van der Waals surface area contributed by atoms with E-state index in [2.05, 4.69) is 15.5 Å². The number of benzene rings is 1. The zero-order valence-electron chi connectivity index (χ0n) is 20.9. The van der Waals surface area contributed by atoms with Crippen LogP contribution in [0.15, 0.2) is 23.4 Å². The molecule has 4 aliphatic carbocycles. The normalized spacial score (nSPS) is 26.0. The Bertz CT molecular complexity index is 1120. The Morgan fingerprint density at radius 2 is 1.53 bits per heavy atom. The molecule has 4 fully saturated rings. The maximum Gasteiger partial charge on any atom is 0.337 e. The van der Waals surface area contributed by atoms with E-state index >= 15 is 0 Å². The molecule has 36 heavy (non-hydrogen) atoms. The number of rotatable bonds is 8. The highest BCUT2D eigenvalue weighted by Gasteiger charge is 2.51. The molecule has 10 heteroatoms. The number of anilines is 1. The second kappa shape index (κ2) is 9.88. The summed E-state index contributed by atoms with van der Waals surface area (Å²) in [6.07, 6.45) is 9.15. The van der Waals surface area contributed by atoms with E-state index in [0.29, 0.717) is 16.3 Å². The number of hydrogen-bond acceptors (Lipinski definition) is 8. The van der Waals surface area contributed by atoms with Crippen LogP contribution in [-0.4, -0.2) is 52.6 Å². The first kappa shape index (κ1) is 24.8. The molecule has 1 amide bonds. The summed E-state index contributed by atoms with van der Waals surface area (Å²) in [5.41, 5.74) is 0.970. The minimum absolute atomic E-state index is 0.110. The molecule has 1 N–H and O–H groups in total. The second-order valence-corrected chi connectivity index (χ2v) is 11.6. The Kier molecular flexibility index (Phi) is 6.80. The Morgan fingerprint density at radius 1 is 0.972 bits per heavy atom. The number of thioether (sulfide) groups is 1. The monoisotopic (exact) mass is 512 g/mol. The molecule has 6 rings (SSSR count). The van der Waals surface area contributed by atoms with Gasteiger partial charge in [0, 0.05) is 19.2 Å². The molecule has 0 saturated heterocycles. The van der Waals surface area contributed by atoms with Gasteiger partial charge in [0.1, 0.15) is 5.82 Å². The van der Waals surface area contributed by atoms with Crippen LogP contribution in [0.5, 0.6) is 0 Å². The highest BCUT2D eigenvalue weighted by atomic mass is 32.2. The number of carbonyl (C=O) groups excluding carboxylic acids is 3. The van der Waals surface area contributed by atoms with Gasteiger partial charge in [-0.2, -0.15) is 0 Å². The van der Waals surface area contributed by atoms with Gasteiger partial charge in [0.15, 0.2) is 5.16 Å². The smallest absolute Gasteiger partial charge is 0.337 e. The Labute approximate surface area is 214 Å². The van der Waals surface area contributed by atoms with E-state index in [9.17, 15) is 14.4 Å². The lowest BCUT2D eigenvalue weighted by atomic mass is 9.49. The van der Waals surface area contributed by atoms with Gasteiger partial charge in [0.2, 0.25) is 5.91 Å². The van der Waals surface area contributed by atoms with Crippen LogP contribution in [-0.2, 0) is 27.7 Å². The van der Waals surface area contributed by atoms with Gasteiger partial charge in [0.25, 0.3) is 0 Å². The minimum Gasteiger partial charge on any atom is -0.465 e. The zero-order chi connectivity index (χ0) is 25.4. The van der Waals surface area contributed by atoms with Crippen molar-refractivity contribution in [2.24, 2.45) is 30.2 Å². The molecule has 192 valence electrons. The molecule has 9 nitrogen and oxygen atoms in total. The minimum atomic E-state index is -0.615. The number of amides is 1. The summed E-state index contributed by atoms with van der Waals surface area (Å²) >= 11 is 1.31. The highest BCUT2D eigenvalue weighted by Crippen LogP contribution is 2.60. The second-order valence-electron chi connectivity index (χ2n) is 10.7. The highest BCUT2D eigenvalue weighted by molar-refractivity contribution is 7.99. The van der Waals surface area contributed by atoms with Crippen molar-refractivity contribution in [1.82, 2.24) is 14.8 Å². The van der Waals surface area contributed by atoms with Crippen molar-refractivity contribution in [2.75, 3.05) is 25.3 Å². The maximum absolute atomic E-state index is 12.7. The zero-order valence-corrected chi connectivity index (χ0v) is 21.7. The van der Waals surface area contributed by atoms with Crippen molar-refractivity contribution in [2.45, 2.75) is 50.1 Å². The van der Waals surface area contributed by atoms with Crippen molar-refractivity contribution in [1.29, 1.82) is 0 Å². The summed E-state index contributed by atoms with van der Waals surface area (Å²) in [5, 5.41) is 12.3. The molecule has 0 unspecified atom stereocenters. The standard InChI is InChI=1S/C26H32N4O5S/c1-30-21(13-26-10-15-4-16(11-26)6-17(5-15)12-26)28-29-25(30)36-14-22(31)27-20-8-18(23(32)34-2)7-19(9-20)24(33)35-3/h7-9,15-17H,4-6,10-14H2,1-3H3,(H,27,31). The lowest BCUT2D eigenvalue weighted by molar-refractivity contribution is -0.113. The molecule has 4 bridgehead atoms. The number of carbonyl (C=O) groups is 3. The first-order valence-corrected chi connectivity index (χ1v) is 13.4. The fourth-order valence-electron chi connectivity index (χ4n) is 6.96. The Morgan fingerprint density at radius 3 is 2.06 bits per heavy atom. The van der Waals surface area contributed by atoms with Crippen molar-refractivity contribution in [3.05, 3.63) is 35.2 Å². The van der Waals surface area contributed by atoms with Crippen molar-refractivity contribution < 1.29 is 23.9 Å². The third-order valence-electron chi connectivity index (χ3n) is 8.01. The molecule has 0 aliphatic heterocycles. The van der Waals surface area contributed by atoms with Gasteiger partial charge in [-0.25, -0.2) is 9.59 Å². The third-order valence-corrected chi connectivity index (χ3v) is 9.03. The summed E-state index contributed by atoms with van der Waals surface area (Å²) < 4.78 is 11.5. The number of hydrogen-bond donors (Lipinski definition) is 1. The molecule has 1 heterocycles. The van der Waals surface area contributed by atoms with Crippen molar-refractivity contribution in [3.8, 4) is 0 Å². The first-order valence-electron chi connectivity index (χ1n) is 12.4. The third kappa shape index (κ3) is 5.00. The summed E-state index contributed by atoms with van der Waals surface area (Å²) in [4.78, 5) is 36.7. The fourth-order valence-corrected chi connectivity index (χ4v) is 7.69. The van der Waals surface area contributed by atoms with Gasteiger partial charge in [-0.05, 0) is 79.9 Å². The summed E-state index contributed by atoms with van der Waals surface area (Å²) in [5.74, 6) is 2.25. The van der Waals surface area contributed by atoms with Crippen LogP contribution in [0.1, 0.15) is 65.1 Å². The first-order chi connectivity index (χ1) is 17.3. The van der Waals surface area contributed by atoms with Gasteiger partial charge in [-0.15, -0.1) is 10.2 Å². The topological polar surface area (TPSA) is 112 Å². The van der Waals surface area contributed by atoms with Gasteiger partial charge in [0.05, 0.1) is 31.1 Å². The molecule has 0 spiro atoms. The fraction of sp³-hybridized carbons (Fsp3) is 0.577.